The maximum absolute atomic E-state index is 12.3. The van der Waals surface area contributed by atoms with E-state index in [1.807, 2.05) is 0 Å². The van der Waals surface area contributed by atoms with E-state index >= 15 is 0 Å². The van der Waals surface area contributed by atoms with E-state index in [1.165, 1.54) is 10.5 Å². The number of fused-ring (bicyclic) bond motifs is 3. The highest BCUT2D eigenvalue weighted by molar-refractivity contribution is 5.92. The average Bonchev–Trinajstić information content (AvgIpc) is 2.36. The van der Waals surface area contributed by atoms with E-state index in [0.717, 1.165) is 0 Å². The highest BCUT2D eigenvalue weighted by atomic mass is 16.3. The molecule has 0 N–H and O–H groups in total. The van der Waals surface area contributed by atoms with Gasteiger partial charge in [-0.2, -0.15) is 0 Å². The SMILES string of the molecule is Cc1oc2cc(=O)n3ccccc3c2c(=O)c1C. The van der Waals surface area contributed by atoms with Crippen LogP contribution >= 0.6 is 0 Å². The Morgan fingerprint density at radius 3 is 2.72 bits per heavy atom. The summed E-state index contributed by atoms with van der Waals surface area (Å²) in [6.07, 6.45) is 1.64. The molecule has 0 saturated carbocycles. The van der Waals surface area contributed by atoms with Gasteiger partial charge in [-0.25, -0.2) is 0 Å². The summed E-state index contributed by atoms with van der Waals surface area (Å²) in [6, 6.07) is 6.65. The third kappa shape index (κ3) is 1.32. The molecule has 3 aromatic rings. The van der Waals surface area contributed by atoms with Crippen molar-refractivity contribution in [3.63, 3.8) is 0 Å². The van der Waals surface area contributed by atoms with Gasteiger partial charge in [-0.15, -0.1) is 0 Å². The van der Waals surface area contributed by atoms with Crippen LogP contribution in [0.4, 0.5) is 0 Å². The van der Waals surface area contributed by atoms with Crippen LogP contribution in [0.5, 0.6) is 0 Å². The summed E-state index contributed by atoms with van der Waals surface area (Å²) in [4.78, 5) is 24.2. The topological polar surface area (TPSA) is 51.7 Å². The molecule has 0 radical (unpaired) electrons. The van der Waals surface area contributed by atoms with Crippen molar-refractivity contribution in [2.45, 2.75) is 13.8 Å². The minimum Gasteiger partial charge on any atom is -0.461 e. The van der Waals surface area contributed by atoms with E-state index in [-0.39, 0.29) is 11.0 Å². The predicted molar refractivity (Wildman–Crippen MR) is 69.2 cm³/mol. The van der Waals surface area contributed by atoms with Gasteiger partial charge in [0.25, 0.3) is 5.56 Å². The third-order valence-electron chi connectivity index (χ3n) is 3.21. The molecule has 0 saturated heterocycles. The first-order valence-electron chi connectivity index (χ1n) is 5.64. The van der Waals surface area contributed by atoms with Gasteiger partial charge in [-0.1, -0.05) is 6.07 Å². The molecule has 4 heteroatoms. The molecular weight excluding hydrogens is 230 g/mol. The zero-order valence-corrected chi connectivity index (χ0v) is 10.1. The van der Waals surface area contributed by atoms with Crippen molar-refractivity contribution in [1.29, 1.82) is 0 Å². The van der Waals surface area contributed by atoms with Gasteiger partial charge in [-0.3, -0.25) is 14.0 Å². The third-order valence-corrected chi connectivity index (χ3v) is 3.21. The normalized spacial score (nSPS) is 11.2. The maximum Gasteiger partial charge on any atom is 0.258 e. The van der Waals surface area contributed by atoms with Crippen LogP contribution in [0.3, 0.4) is 0 Å². The monoisotopic (exact) mass is 241 g/mol. The average molecular weight is 241 g/mol. The lowest BCUT2D eigenvalue weighted by Crippen LogP contribution is -2.16. The fourth-order valence-electron chi connectivity index (χ4n) is 2.12. The fraction of sp³-hybridized carbons (Fsp3) is 0.143. The Morgan fingerprint density at radius 1 is 1.17 bits per heavy atom. The van der Waals surface area contributed by atoms with E-state index in [4.69, 9.17) is 4.42 Å². The smallest absolute Gasteiger partial charge is 0.258 e. The molecule has 4 nitrogen and oxygen atoms in total. The van der Waals surface area contributed by atoms with Crippen LogP contribution in [-0.2, 0) is 0 Å². The summed E-state index contributed by atoms with van der Waals surface area (Å²) in [7, 11) is 0. The van der Waals surface area contributed by atoms with Crippen molar-refractivity contribution in [2.24, 2.45) is 0 Å². The molecular formula is C14H11NO3. The Hall–Kier alpha value is -2.36. The van der Waals surface area contributed by atoms with Gasteiger partial charge < -0.3 is 4.42 Å². The van der Waals surface area contributed by atoms with Crippen molar-refractivity contribution in [3.8, 4) is 0 Å². The Morgan fingerprint density at radius 2 is 1.94 bits per heavy atom. The zero-order chi connectivity index (χ0) is 12.9. The molecule has 3 heterocycles. The van der Waals surface area contributed by atoms with Crippen molar-refractivity contribution in [2.75, 3.05) is 0 Å². The summed E-state index contributed by atoms with van der Waals surface area (Å²) in [5, 5.41) is 0.457. The number of pyridine rings is 2. The van der Waals surface area contributed by atoms with Crippen LogP contribution in [0, 0.1) is 13.8 Å². The summed E-state index contributed by atoms with van der Waals surface area (Å²) in [6.45, 7) is 3.45. The van der Waals surface area contributed by atoms with Crippen LogP contribution < -0.4 is 11.0 Å². The highest BCUT2D eigenvalue weighted by Gasteiger charge is 2.12. The van der Waals surface area contributed by atoms with Gasteiger partial charge >= 0.3 is 0 Å². The number of rotatable bonds is 0. The standard InChI is InChI=1S/C14H11NO3/c1-8-9(2)18-11-7-12(16)15-6-4-3-5-10(15)13(11)14(8)17/h3-7H,1-2H3. The number of hydrogen-bond donors (Lipinski definition) is 0. The van der Waals surface area contributed by atoms with Crippen molar-refractivity contribution in [1.82, 2.24) is 4.40 Å². The molecule has 0 spiro atoms. The lowest BCUT2D eigenvalue weighted by Gasteiger charge is -2.06. The first-order chi connectivity index (χ1) is 8.59. The van der Waals surface area contributed by atoms with E-state index < -0.39 is 0 Å². The molecule has 18 heavy (non-hydrogen) atoms. The van der Waals surface area contributed by atoms with Crippen LogP contribution in [0.2, 0.25) is 0 Å². The lowest BCUT2D eigenvalue weighted by atomic mass is 10.1. The Balaban J connectivity index is 2.75. The van der Waals surface area contributed by atoms with Gasteiger partial charge in [0.1, 0.15) is 11.3 Å². The van der Waals surface area contributed by atoms with Crippen LogP contribution in [0.1, 0.15) is 11.3 Å². The van der Waals surface area contributed by atoms with Gasteiger partial charge in [0, 0.05) is 17.8 Å². The van der Waals surface area contributed by atoms with Crippen LogP contribution in [0.15, 0.2) is 44.5 Å². The van der Waals surface area contributed by atoms with Crippen molar-refractivity contribution in [3.05, 3.63) is 62.4 Å². The molecule has 0 aliphatic carbocycles. The number of aromatic nitrogens is 1. The van der Waals surface area contributed by atoms with Gasteiger partial charge in [-0.05, 0) is 26.0 Å². The molecule has 0 aliphatic heterocycles. The van der Waals surface area contributed by atoms with Gasteiger partial charge in [0.15, 0.2) is 5.43 Å². The molecule has 0 aromatic carbocycles. The minimum absolute atomic E-state index is 0.0857. The molecule has 0 unspecified atom stereocenters. The minimum atomic E-state index is -0.204. The first kappa shape index (κ1) is 10.8. The molecule has 3 aromatic heterocycles. The highest BCUT2D eigenvalue weighted by Crippen LogP contribution is 2.17. The molecule has 3 rings (SSSR count). The summed E-state index contributed by atoms with van der Waals surface area (Å²) >= 11 is 0. The number of hydrogen-bond acceptors (Lipinski definition) is 3. The van der Waals surface area contributed by atoms with E-state index in [2.05, 4.69) is 0 Å². The largest absolute Gasteiger partial charge is 0.461 e. The summed E-state index contributed by atoms with van der Waals surface area (Å²) in [5.41, 5.74) is 1.21. The molecule has 0 atom stereocenters. The van der Waals surface area contributed by atoms with E-state index in [0.29, 0.717) is 27.8 Å². The summed E-state index contributed by atoms with van der Waals surface area (Å²) in [5.74, 6) is 0.548. The molecule has 0 amide bonds. The molecule has 90 valence electrons. The Bertz CT molecular complexity index is 887. The van der Waals surface area contributed by atoms with E-state index in [1.54, 1.807) is 38.2 Å². The summed E-state index contributed by atoms with van der Waals surface area (Å²) < 4.78 is 7.00. The first-order valence-corrected chi connectivity index (χ1v) is 5.64. The van der Waals surface area contributed by atoms with Gasteiger partial charge in [0.05, 0.1) is 10.9 Å². The second kappa shape index (κ2) is 3.57. The number of aryl methyl sites for hydroxylation is 1. The van der Waals surface area contributed by atoms with Gasteiger partial charge in [0.2, 0.25) is 0 Å². The zero-order valence-electron chi connectivity index (χ0n) is 10.1. The van der Waals surface area contributed by atoms with Crippen LogP contribution in [-0.4, -0.2) is 4.40 Å². The Kier molecular flexibility index (Phi) is 2.13. The molecule has 0 bridgehead atoms. The number of nitrogens with zero attached hydrogens (tertiary/aromatic N) is 1. The quantitative estimate of drug-likeness (QED) is 0.566. The predicted octanol–water partition coefficient (Wildman–Crippen LogP) is 2.02. The fourth-order valence-corrected chi connectivity index (χ4v) is 2.12. The molecule has 0 fully saturated rings. The van der Waals surface area contributed by atoms with Crippen LogP contribution in [0.25, 0.3) is 16.5 Å². The second-order valence-electron chi connectivity index (χ2n) is 4.29. The maximum atomic E-state index is 12.3. The van der Waals surface area contributed by atoms with Crippen molar-refractivity contribution >= 4 is 16.5 Å². The Labute approximate surface area is 102 Å². The molecule has 0 aliphatic rings. The van der Waals surface area contributed by atoms with E-state index in [9.17, 15) is 9.59 Å². The van der Waals surface area contributed by atoms with Crippen molar-refractivity contribution < 1.29 is 4.42 Å². The second-order valence-corrected chi connectivity index (χ2v) is 4.29. The lowest BCUT2D eigenvalue weighted by molar-refractivity contribution is 0.558.